The summed E-state index contributed by atoms with van der Waals surface area (Å²) in [5.74, 6) is 0.985. The maximum atomic E-state index is 5.75. The molecule has 1 N–H and O–H groups in total. The van der Waals surface area contributed by atoms with E-state index in [-0.39, 0.29) is 5.54 Å². The van der Waals surface area contributed by atoms with Crippen molar-refractivity contribution in [2.75, 3.05) is 6.61 Å². The lowest BCUT2D eigenvalue weighted by atomic mass is 10.1. The molecule has 0 atom stereocenters. The largest absolute Gasteiger partial charge is 0.494 e. The van der Waals surface area contributed by atoms with Gasteiger partial charge in [0.1, 0.15) is 5.75 Å². The van der Waals surface area contributed by atoms with Gasteiger partial charge in [-0.25, -0.2) is 0 Å². The Morgan fingerprint density at radius 1 is 1.17 bits per heavy atom. The van der Waals surface area contributed by atoms with Crippen molar-refractivity contribution in [3.63, 3.8) is 0 Å². The molecular formula is C16H27NO. The predicted octanol–water partition coefficient (Wildman–Crippen LogP) is 4.14. The minimum Gasteiger partial charge on any atom is -0.494 e. The van der Waals surface area contributed by atoms with Gasteiger partial charge in [-0.2, -0.15) is 0 Å². The number of nitrogens with one attached hydrogen (secondary N) is 1. The first-order chi connectivity index (χ1) is 8.51. The lowest BCUT2D eigenvalue weighted by molar-refractivity contribution is 0.305. The standard InChI is InChI=1S/C16H27NO/c1-5-6-7-11-18-15-10-8-9-14(12-15)13-17-16(2,3)4/h8-10,12,17H,5-7,11,13H2,1-4H3. The van der Waals surface area contributed by atoms with Crippen LogP contribution in [0, 0.1) is 0 Å². The first-order valence-corrected chi connectivity index (χ1v) is 6.98. The Hall–Kier alpha value is -1.02. The van der Waals surface area contributed by atoms with Gasteiger partial charge in [-0.15, -0.1) is 0 Å². The van der Waals surface area contributed by atoms with Crippen molar-refractivity contribution in [2.45, 2.75) is 59.0 Å². The van der Waals surface area contributed by atoms with Crippen LogP contribution in [0.1, 0.15) is 52.5 Å². The van der Waals surface area contributed by atoms with Gasteiger partial charge in [0.05, 0.1) is 6.61 Å². The van der Waals surface area contributed by atoms with Crippen molar-refractivity contribution in [1.29, 1.82) is 0 Å². The first kappa shape index (κ1) is 15.0. The van der Waals surface area contributed by atoms with Gasteiger partial charge >= 0.3 is 0 Å². The zero-order chi connectivity index (χ0) is 13.4. The molecule has 18 heavy (non-hydrogen) atoms. The maximum absolute atomic E-state index is 5.75. The van der Waals surface area contributed by atoms with Gasteiger partial charge in [-0.3, -0.25) is 0 Å². The summed E-state index contributed by atoms with van der Waals surface area (Å²) in [6.45, 7) is 10.5. The van der Waals surface area contributed by atoms with E-state index in [4.69, 9.17) is 4.74 Å². The zero-order valence-corrected chi connectivity index (χ0v) is 12.3. The average molecular weight is 249 g/mol. The van der Waals surface area contributed by atoms with Crippen LogP contribution in [0.4, 0.5) is 0 Å². The number of unbranched alkanes of at least 4 members (excludes halogenated alkanes) is 2. The van der Waals surface area contributed by atoms with Gasteiger partial charge in [-0.1, -0.05) is 31.9 Å². The highest BCUT2D eigenvalue weighted by Gasteiger charge is 2.08. The van der Waals surface area contributed by atoms with E-state index in [1.807, 2.05) is 6.07 Å². The van der Waals surface area contributed by atoms with Crippen molar-refractivity contribution in [3.05, 3.63) is 29.8 Å². The van der Waals surface area contributed by atoms with E-state index in [1.165, 1.54) is 18.4 Å². The van der Waals surface area contributed by atoms with E-state index in [2.05, 4.69) is 51.2 Å². The Kier molecular flexibility index (Phi) is 6.20. The Balaban J connectivity index is 2.41. The maximum Gasteiger partial charge on any atom is 0.119 e. The minimum atomic E-state index is 0.151. The van der Waals surface area contributed by atoms with Crippen molar-refractivity contribution >= 4 is 0 Å². The second-order valence-electron chi connectivity index (χ2n) is 5.81. The molecule has 0 unspecified atom stereocenters. The SMILES string of the molecule is CCCCCOc1cccc(CNC(C)(C)C)c1. The highest BCUT2D eigenvalue weighted by Crippen LogP contribution is 2.14. The fourth-order valence-electron chi connectivity index (χ4n) is 1.65. The Morgan fingerprint density at radius 2 is 1.94 bits per heavy atom. The van der Waals surface area contributed by atoms with Crippen LogP contribution in [0.25, 0.3) is 0 Å². The van der Waals surface area contributed by atoms with Crippen LogP contribution in [0.15, 0.2) is 24.3 Å². The molecule has 0 spiro atoms. The number of hydrogen-bond acceptors (Lipinski definition) is 2. The van der Waals surface area contributed by atoms with Gasteiger partial charge in [0.15, 0.2) is 0 Å². The van der Waals surface area contributed by atoms with Crippen molar-refractivity contribution in [1.82, 2.24) is 5.32 Å². The summed E-state index contributed by atoms with van der Waals surface area (Å²) in [4.78, 5) is 0. The fraction of sp³-hybridized carbons (Fsp3) is 0.625. The smallest absolute Gasteiger partial charge is 0.119 e. The van der Waals surface area contributed by atoms with Crippen molar-refractivity contribution in [2.24, 2.45) is 0 Å². The van der Waals surface area contributed by atoms with E-state index in [1.54, 1.807) is 0 Å². The minimum absolute atomic E-state index is 0.151. The number of benzene rings is 1. The van der Waals surface area contributed by atoms with Crippen LogP contribution >= 0.6 is 0 Å². The van der Waals surface area contributed by atoms with Crippen LogP contribution in [0.3, 0.4) is 0 Å². The van der Waals surface area contributed by atoms with Crippen molar-refractivity contribution in [3.8, 4) is 5.75 Å². The fourth-order valence-corrected chi connectivity index (χ4v) is 1.65. The topological polar surface area (TPSA) is 21.3 Å². The zero-order valence-electron chi connectivity index (χ0n) is 12.3. The summed E-state index contributed by atoms with van der Waals surface area (Å²) < 4.78 is 5.75. The highest BCUT2D eigenvalue weighted by atomic mass is 16.5. The molecule has 1 aromatic carbocycles. The van der Waals surface area contributed by atoms with Gasteiger partial charge in [-0.05, 0) is 44.9 Å². The van der Waals surface area contributed by atoms with Crippen molar-refractivity contribution < 1.29 is 4.74 Å². The van der Waals surface area contributed by atoms with Crippen LogP contribution in [-0.2, 0) is 6.54 Å². The van der Waals surface area contributed by atoms with Crippen LogP contribution < -0.4 is 10.1 Å². The number of rotatable bonds is 7. The molecule has 0 amide bonds. The molecule has 0 saturated carbocycles. The second kappa shape index (κ2) is 7.42. The Labute approximate surface area is 112 Å². The van der Waals surface area contributed by atoms with Gasteiger partial charge < -0.3 is 10.1 Å². The summed E-state index contributed by atoms with van der Waals surface area (Å²) in [7, 11) is 0. The summed E-state index contributed by atoms with van der Waals surface area (Å²) in [6, 6.07) is 8.36. The molecule has 0 aromatic heterocycles. The molecule has 0 aliphatic heterocycles. The summed E-state index contributed by atoms with van der Waals surface area (Å²) in [5.41, 5.74) is 1.43. The molecular weight excluding hydrogens is 222 g/mol. The highest BCUT2D eigenvalue weighted by molar-refractivity contribution is 5.28. The molecule has 0 fully saturated rings. The summed E-state index contributed by atoms with van der Waals surface area (Å²) in [5, 5.41) is 3.49. The monoisotopic (exact) mass is 249 g/mol. The van der Waals surface area contributed by atoms with Crippen LogP contribution in [0.2, 0.25) is 0 Å². The third-order valence-electron chi connectivity index (χ3n) is 2.74. The average Bonchev–Trinajstić information content (AvgIpc) is 2.32. The van der Waals surface area contributed by atoms with E-state index < -0.39 is 0 Å². The summed E-state index contributed by atoms with van der Waals surface area (Å²) in [6.07, 6.45) is 3.62. The quantitative estimate of drug-likeness (QED) is 0.733. The lowest BCUT2D eigenvalue weighted by Gasteiger charge is -2.20. The van der Waals surface area contributed by atoms with Crippen LogP contribution in [-0.4, -0.2) is 12.1 Å². The van der Waals surface area contributed by atoms with E-state index >= 15 is 0 Å². The van der Waals surface area contributed by atoms with Crippen LogP contribution in [0.5, 0.6) is 5.75 Å². The summed E-state index contributed by atoms with van der Waals surface area (Å²) >= 11 is 0. The van der Waals surface area contributed by atoms with E-state index in [0.717, 1.165) is 25.3 Å². The molecule has 0 aliphatic carbocycles. The van der Waals surface area contributed by atoms with Gasteiger partial charge in [0.2, 0.25) is 0 Å². The Bertz CT molecular complexity index is 341. The molecule has 0 saturated heterocycles. The molecule has 1 aromatic rings. The number of ether oxygens (including phenoxy) is 1. The molecule has 102 valence electrons. The van der Waals surface area contributed by atoms with E-state index in [9.17, 15) is 0 Å². The lowest BCUT2D eigenvalue weighted by Crippen LogP contribution is -2.35. The molecule has 0 bridgehead atoms. The second-order valence-corrected chi connectivity index (χ2v) is 5.81. The van der Waals surface area contributed by atoms with E-state index in [0.29, 0.717) is 0 Å². The van der Waals surface area contributed by atoms with Gasteiger partial charge in [0.25, 0.3) is 0 Å². The third-order valence-corrected chi connectivity index (χ3v) is 2.74. The Morgan fingerprint density at radius 3 is 2.61 bits per heavy atom. The molecule has 2 heteroatoms. The molecule has 0 radical (unpaired) electrons. The molecule has 0 heterocycles. The molecule has 1 rings (SSSR count). The molecule has 0 aliphatic rings. The predicted molar refractivity (Wildman–Crippen MR) is 78.1 cm³/mol. The molecule has 2 nitrogen and oxygen atoms in total. The number of hydrogen-bond donors (Lipinski definition) is 1. The normalized spacial score (nSPS) is 11.6. The first-order valence-electron chi connectivity index (χ1n) is 6.98. The third kappa shape index (κ3) is 6.65. The van der Waals surface area contributed by atoms with Gasteiger partial charge in [0, 0.05) is 12.1 Å².